The molecule has 0 radical (unpaired) electrons. The number of benzene rings is 2. The molecule has 162 valence electrons. The van der Waals surface area contributed by atoms with Gasteiger partial charge in [0.15, 0.2) is 0 Å². The first kappa shape index (κ1) is 22.9. The van der Waals surface area contributed by atoms with E-state index in [1.54, 1.807) is 64.1 Å². The molecule has 0 aliphatic carbocycles. The van der Waals surface area contributed by atoms with E-state index in [-0.39, 0.29) is 12.1 Å². The van der Waals surface area contributed by atoms with E-state index in [0.717, 1.165) is 9.80 Å². The van der Waals surface area contributed by atoms with E-state index in [0.29, 0.717) is 34.0 Å². The molecule has 8 nitrogen and oxygen atoms in total. The van der Waals surface area contributed by atoms with Crippen LogP contribution in [0.15, 0.2) is 36.4 Å². The zero-order valence-electron chi connectivity index (χ0n) is 18.0. The Morgan fingerprint density at radius 3 is 1.30 bits per heavy atom. The molecular formula is C22H26N2O6-2. The van der Waals surface area contributed by atoms with Crippen LogP contribution in [0, 0.1) is 0 Å². The van der Waals surface area contributed by atoms with Gasteiger partial charge in [-0.25, -0.2) is 0 Å². The normalized spacial score (nSPS) is 10.8. The molecule has 0 heterocycles. The summed E-state index contributed by atoms with van der Waals surface area (Å²) in [6.07, 6.45) is -2.62. The summed E-state index contributed by atoms with van der Waals surface area (Å²) in [4.78, 5) is 25.3. The second kappa shape index (κ2) is 9.39. The number of carbonyl (C=O) groups excluding carboxylic acids is 2. The first-order valence-corrected chi connectivity index (χ1v) is 9.49. The number of methoxy groups -OCH3 is 2. The van der Waals surface area contributed by atoms with Gasteiger partial charge in [-0.05, 0) is 52.0 Å². The summed E-state index contributed by atoms with van der Waals surface area (Å²) in [5, 5.41) is 23.0. The van der Waals surface area contributed by atoms with E-state index < -0.39 is 12.2 Å². The highest BCUT2D eigenvalue weighted by molar-refractivity contribution is 5.89. The second-order valence-electron chi connectivity index (χ2n) is 7.23. The Kier molecular flexibility index (Phi) is 7.15. The van der Waals surface area contributed by atoms with E-state index in [1.165, 1.54) is 14.2 Å². The van der Waals surface area contributed by atoms with Crippen molar-refractivity contribution in [1.82, 2.24) is 0 Å². The van der Waals surface area contributed by atoms with Crippen molar-refractivity contribution in [2.45, 2.75) is 39.8 Å². The van der Waals surface area contributed by atoms with Gasteiger partial charge in [0, 0.05) is 46.7 Å². The molecule has 0 aromatic heterocycles. The summed E-state index contributed by atoms with van der Waals surface area (Å²) in [6, 6.07) is 9.36. The van der Waals surface area contributed by atoms with Crippen LogP contribution in [0.25, 0.3) is 11.1 Å². The van der Waals surface area contributed by atoms with E-state index in [9.17, 15) is 19.8 Å². The third-order valence-electron chi connectivity index (χ3n) is 4.64. The molecule has 0 saturated carbocycles. The van der Waals surface area contributed by atoms with Crippen LogP contribution in [0.4, 0.5) is 21.0 Å². The number of nitrogens with zero attached hydrogens (tertiary/aromatic N) is 2. The highest BCUT2D eigenvalue weighted by atomic mass is 16.5. The van der Waals surface area contributed by atoms with Gasteiger partial charge < -0.3 is 39.1 Å². The maximum Gasteiger partial charge on any atom is 0.141 e. The molecule has 0 atom stereocenters. The van der Waals surface area contributed by atoms with E-state index in [2.05, 4.69) is 0 Å². The minimum atomic E-state index is -1.31. The Morgan fingerprint density at radius 2 is 1.07 bits per heavy atom. The first-order valence-electron chi connectivity index (χ1n) is 9.49. The Balaban J connectivity index is 2.58. The fourth-order valence-corrected chi connectivity index (χ4v) is 3.33. The third kappa shape index (κ3) is 4.59. The van der Waals surface area contributed by atoms with Gasteiger partial charge in [-0.3, -0.25) is 0 Å². The van der Waals surface area contributed by atoms with Crippen LogP contribution in [0.5, 0.6) is 11.5 Å². The third-order valence-corrected chi connectivity index (χ3v) is 4.64. The first-order chi connectivity index (χ1) is 14.1. The Labute approximate surface area is 176 Å². The molecule has 30 heavy (non-hydrogen) atoms. The van der Waals surface area contributed by atoms with Crippen LogP contribution in [0.3, 0.4) is 0 Å². The summed E-state index contributed by atoms with van der Waals surface area (Å²) >= 11 is 0. The van der Waals surface area contributed by atoms with Crippen LogP contribution in [-0.4, -0.2) is 38.5 Å². The SMILES string of the molecule is COc1cc(N(C(=O)[O-])C(C)C)ccc1-c1ccc(N(C(=O)[O-])C(C)C)cc1OC. The van der Waals surface area contributed by atoms with Gasteiger partial charge in [-0.1, -0.05) is 0 Å². The lowest BCUT2D eigenvalue weighted by molar-refractivity contribution is -0.248. The minimum absolute atomic E-state index is 0.314. The zero-order valence-corrected chi connectivity index (χ0v) is 18.0. The van der Waals surface area contributed by atoms with Crippen molar-refractivity contribution in [1.29, 1.82) is 0 Å². The second-order valence-corrected chi connectivity index (χ2v) is 7.23. The predicted molar refractivity (Wildman–Crippen MR) is 111 cm³/mol. The van der Waals surface area contributed by atoms with Crippen molar-refractivity contribution in [2.24, 2.45) is 0 Å². The molecule has 8 heteroatoms. The highest BCUT2D eigenvalue weighted by Crippen LogP contribution is 2.40. The van der Waals surface area contributed by atoms with E-state index >= 15 is 0 Å². The lowest BCUT2D eigenvalue weighted by Crippen LogP contribution is -2.45. The summed E-state index contributed by atoms with van der Waals surface area (Å²) in [5.41, 5.74) is 2.17. The number of amides is 2. The number of ether oxygens (including phenoxy) is 2. The maximum absolute atomic E-state index is 11.5. The molecule has 0 aliphatic heterocycles. The monoisotopic (exact) mass is 414 g/mol. The molecule has 2 amide bonds. The zero-order chi connectivity index (χ0) is 22.6. The van der Waals surface area contributed by atoms with Gasteiger partial charge in [0.1, 0.15) is 23.7 Å². The molecule has 0 saturated heterocycles. The van der Waals surface area contributed by atoms with Crippen molar-refractivity contribution in [3.63, 3.8) is 0 Å². The van der Waals surface area contributed by atoms with Crippen molar-refractivity contribution < 1.29 is 29.3 Å². The molecular weight excluding hydrogens is 388 g/mol. The number of carboxylic acid groups (broad SMARTS) is 2. The van der Waals surface area contributed by atoms with E-state index in [1.807, 2.05) is 0 Å². The van der Waals surface area contributed by atoms with Gasteiger partial charge >= 0.3 is 0 Å². The molecule has 0 fully saturated rings. The summed E-state index contributed by atoms with van der Waals surface area (Å²) in [5.74, 6) is 0.872. The maximum atomic E-state index is 11.5. The van der Waals surface area contributed by atoms with Gasteiger partial charge in [0.05, 0.1) is 14.2 Å². The number of rotatable bonds is 7. The van der Waals surface area contributed by atoms with Crippen LogP contribution in [-0.2, 0) is 0 Å². The fraction of sp³-hybridized carbons (Fsp3) is 0.364. The van der Waals surface area contributed by atoms with Gasteiger partial charge in [0.25, 0.3) is 0 Å². The molecule has 0 aliphatic rings. The van der Waals surface area contributed by atoms with Gasteiger partial charge in [0.2, 0.25) is 0 Å². The van der Waals surface area contributed by atoms with Crippen molar-refractivity contribution >= 4 is 23.6 Å². The van der Waals surface area contributed by atoms with Crippen LogP contribution in [0.2, 0.25) is 0 Å². The van der Waals surface area contributed by atoms with Crippen LogP contribution in [0.1, 0.15) is 27.7 Å². The summed E-state index contributed by atoms with van der Waals surface area (Å²) in [7, 11) is 2.97. The van der Waals surface area contributed by atoms with Crippen molar-refractivity contribution in [3.05, 3.63) is 36.4 Å². The molecule has 0 spiro atoms. The smallest absolute Gasteiger partial charge is 0.141 e. The summed E-state index contributed by atoms with van der Waals surface area (Å²) < 4.78 is 11.0. The van der Waals surface area contributed by atoms with Crippen molar-refractivity contribution in [2.75, 3.05) is 24.0 Å². The van der Waals surface area contributed by atoms with Gasteiger partial charge in [-0.15, -0.1) is 0 Å². The average molecular weight is 414 g/mol. The van der Waals surface area contributed by atoms with E-state index in [4.69, 9.17) is 9.47 Å². The van der Waals surface area contributed by atoms with Crippen LogP contribution < -0.4 is 29.5 Å². The fourth-order valence-electron chi connectivity index (χ4n) is 3.33. The lowest BCUT2D eigenvalue weighted by atomic mass is 10.0. The number of hydrogen-bond acceptors (Lipinski definition) is 6. The largest absolute Gasteiger partial charge is 0.530 e. The lowest BCUT2D eigenvalue weighted by Gasteiger charge is -2.30. The topological polar surface area (TPSA) is 105 Å². The Hall–Kier alpha value is -3.42. The number of hydrogen-bond donors (Lipinski definition) is 0. The quantitative estimate of drug-likeness (QED) is 0.689. The number of carbonyl (C=O) groups is 2. The molecule has 2 aromatic carbocycles. The highest BCUT2D eigenvalue weighted by Gasteiger charge is 2.19. The minimum Gasteiger partial charge on any atom is -0.530 e. The predicted octanol–water partition coefficient (Wildman–Crippen LogP) is 2.49. The molecule has 2 rings (SSSR count). The molecule has 0 bridgehead atoms. The number of anilines is 2. The standard InChI is InChI=1S/C22H28N2O6/c1-13(2)23(21(25)26)15-7-9-17(19(11-15)29-5)18-10-8-16(12-20(18)30-6)24(14(3)4)22(27)28/h7-14H,1-6H3,(H,25,26)(H,27,28)/p-2. The molecule has 2 aromatic rings. The summed E-state index contributed by atoms with van der Waals surface area (Å²) in [6.45, 7) is 6.98. The van der Waals surface area contributed by atoms with Crippen LogP contribution >= 0.6 is 0 Å². The average Bonchev–Trinajstić information content (AvgIpc) is 2.66. The van der Waals surface area contributed by atoms with Gasteiger partial charge in [-0.2, -0.15) is 0 Å². The molecule has 0 unspecified atom stereocenters. The Morgan fingerprint density at radius 1 is 0.733 bits per heavy atom. The molecule has 0 N–H and O–H groups in total. The van der Waals surface area contributed by atoms with Crippen molar-refractivity contribution in [3.8, 4) is 22.6 Å². The Bertz CT molecular complexity index is 850.